The average molecular weight is 477 g/mol. The van der Waals surface area contributed by atoms with Gasteiger partial charge in [-0.15, -0.1) is 0 Å². The highest BCUT2D eigenvalue weighted by Gasteiger charge is 2.29. The Kier molecular flexibility index (Phi) is 6.77. The molecule has 4 rings (SSSR count). The van der Waals surface area contributed by atoms with E-state index >= 15 is 0 Å². The number of nitrogens with zero attached hydrogens (tertiary/aromatic N) is 2. The summed E-state index contributed by atoms with van der Waals surface area (Å²) in [6, 6.07) is 13.8. The molecule has 3 amide bonds. The van der Waals surface area contributed by atoms with E-state index in [1.54, 1.807) is 43.3 Å². The number of ketones is 1. The number of hydrogen-bond donors (Lipinski definition) is 1. The van der Waals surface area contributed by atoms with Crippen LogP contribution < -0.4 is 5.32 Å². The third kappa shape index (κ3) is 5.13. The number of carbonyl (C=O) groups is 4. The van der Waals surface area contributed by atoms with Crippen LogP contribution in [0.25, 0.3) is 0 Å². The van der Waals surface area contributed by atoms with Gasteiger partial charge in [0.25, 0.3) is 0 Å². The number of hydrogen-bond acceptors (Lipinski definition) is 5. The molecule has 3 aromatic rings. The SMILES string of the molecule is Cc1cc(C(=O)COC(=O)c2ccccc2CN2C(=O)CNC2=O)c(C)n1Cc1ccc(F)cc1. The van der Waals surface area contributed by atoms with Crippen molar-refractivity contribution < 1.29 is 28.3 Å². The summed E-state index contributed by atoms with van der Waals surface area (Å²) in [5, 5.41) is 2.43. The maximum absolute atomic E-state index is 13.2. The maximum Gasteiger partial charge on any atom is 0.338 e. The summed E-state index contributed by atoms with van der Waals surface area (Å²) >= 11 is 0. The van der Waals surface area contributed by atoms with Crippen molar-refractivity contribution in [2.24, 2.45) is 0 Å². The number of esters is 1. The fourth-order valence-electron chi connectivity index (χ4n) is 4.03. The lowest BCUT2D eigenvalue weighted by molar-refractivity contribution is -0.125. The van der Waals surface area contributed by atoms with E-state index in [1.807, 2.05) is 11.5 Å². The summed E-state index contributed by atoms with van der Waals surface area (Å²) in [6.45, 7) is 3.52. The highest BCUT2D eigenvalue weighted by molar-refractivity contribution is 6.02. The molecule has 2 aromatic carbocycles. The van der Waals surface area contributed by atoms with Crippen molar-refractivity contribution in [1.82, 2.24) is 14.8 Å². The van der Waals surface area contributed by atoms with Gasteiger partial charge in [-0.05, 0) is 49.2 Å². The summed E-state index contributed by atoms with van der Waals surface area (Å²) in [7, 11) is 0. The molecule has 0 unspecified atom stereocenters. The summed E-state index contributed by atoms with van der Waals surface area (Å²) in [6.07, 6.45) is 0. The molecule has 1 fully saturated rings. The zero-order chi connectivity index (χ0) is 25.1. The van der Waals surface area contributed by atoms with Crippen molar-refractivity contribution in [2.75, 3.05) is 13.2 Å². The van der Waals surface area contributed by atoms with Gasteiger partial charge >= 0.3 is 12.0 Å². The van der Waals surface area contributed by atoms with Crippen LogP contribution in [0.15, 0.2) is 54.6 Å². The number of urea groups is 1. The van der Waals surface area contributed by atoms with Crippen molar-refractivity contribution in [3.05, 3.63) is 94.1 Å². The van der Waals surface area contributed by atoms with Crippen LogP contribution in [0, 0.1) is 19.7 Å². The topological polar surface area (TPSA) is 97.7 Å². The van der Waals surface area contributed by atoms with Crippen LogP contribution in [0.5, 0.6) is 0 Å². The van der Waals surface area contributed by atoms with Crippen molar-refractivity contribution in [1.29, 1.82) is 0 Å². The Labute approximate surface area is 201 Å². The van der Waals surface area contributed by atoms with Crippen LogP contribution >= 0.6 is 0 Å². The third-order valence-electron chi connectivity index (χ3n) is 5.97. The number of amides is 3. The van der Waals surface area contributed by atoms with Crippen LogP contribution in [0.3, 0.4) is 0 Å². The van der Waals surface area contributed by atoms with Crippen LogP contribution in [-0.2, 0) is 22.6 Å². The molecule has 0 bridgehead atoms. The van der Waals surface area contributed by atoms with Crippen molar-refractivity contribution >= 4 is 23.7 Å². The Morgan fingerprint density at radius 3 is 2.40 bits per heavy atom. The molecule has 0 radical (unpaired) electrons. The van der Waals surface area contributed by atoms with Crippen LogP contribution in [-0.4, -0.2) is 46.3 Å². The van der Waals surface area contributed by atoms with Gasteiger partial charge < -0.3 is 14.6 Å². The second-order valence-electron chi connectivity index (χ2n) is 8.29. The Morgan fingerprint density at radius 1 is 1.00 bits per heavy atom. The summed E-state index contributed by atoms with van der Waals surface area (Å²) < 4.78 is 20.4. The number of imide groups is 1. The minimum Gasteiger partial charge on any atom is -0.454 e. The van der Waals surface area contributed by atoms with Gasteiger partial charge in [0.2, 0.25) is 11.7 Å². The average Bonchev–Trinajstić information content (AvgIpc) is 3.31. The lowest BCUT2D eigenvalue weighted by Crippen LogP contribution is -2.31. The van der Waals surface area contributed by atoms with E-state index in [9.17, 15) is 23.6 Å². The predicted octanol–water partition coefficient (Wildman–Crippen LogP) is 3.38. The van der Waals surface area contributed by atoms with Crippen molar-refractivity contribution in [2.45, 2.75) is 26.9 Å². The second kappa shape index (κ2) is 9.92. The minimum atomic E-state index is -0.721. The van der Waals surface area contributed by atoms with E-state index in [1.165, 1.54) is 18.2 Å². The number of Topliss-reactive ketones (excluding diaryl/α,β-unsaturated/α-hetero) is 1. The monoisotopic (exact) mass is 477 g/mol. The number of rotatable bonds is 8. The molecule has 0 spiro atoms. The van der Waals surface area contributed by atoms with E-state index in [0.717, 1.165) is 16.2 Å². The molecule has 8 nitrogen and oxygen atoms in total. The molecular weight excluding hydrogens is 453 g/mol. The zero-order valence-corrected chi connectivity index (χ0v) is 19.3. The molecule has 0 saturated carbocycles. The van der Waals surface area contributed by atoms with Crippen LogP contribution in [0.4, 0.5) is 9.18 Å². The number of aromatic nitrogens is 1. The fourth-order valence-corrected chi connectivity index (χ4v) is 4.03. The first kappa shape index (κ1) is 23.9. The van der Waals surface area contributed by atoms with Crippen molar-refractivity contribution in [3.8, 4) is 0 Å². The van der Waals surface area contributed by atoms with Gasteiger partial charge in [-0.2, -0.15) is 0 Å². The molecule has 1 N–H and O–H groups in total. The standard InChI is InChI=1S/C26H24FN3O5/c1-16-11-22(17(2)29(16)13-18-7-9-20(27)10-8-18)23(31)15-35-25(33)21-6-4-3-5-19(21)14-30-24(32)12-28-26(30)34/h3-11H,12-15H2,1-2H3,(H,28,34). The lowest BCUT2D eigenvalue weighted by atomic mass is 10.1. The smallest absolute Gasteiger partial charge is 0.338 e. The largest absolute Gasteiger partial charge is 0.454 e. The molecule has 0 atom stereocenters. The quantitative estimate of drug-likeness (QED) is 0.305. The number of benzene rings is 2. The first-order valence-corrected chi connectivity index (χ1v) is 11.0. The van der Waals surface area contributed by atoms with Crippen molar-refractivity contribution in [3.63, 3.8) is 0 Å². The molecule has 0 aliphatic carbocycles. The number of aryl methyl sites for hydroxylation is 1. The van der Waals surface area contributed by atoms with Gasteiger partial charge in [0.1, 0.15) is 5.82 Å². The molecular formula is C26H24FN3O5. The molecule has 2 heterocycles. The third-order valence-corrected chi connectivity index (χ3v) is 5.97. The number of ether oxygens (including phenoxy) is 1. The maximum atomic E-state index is 13.2. The second-order valence-corrected chi connectivity index (χ2v) is 8.29. The number of carbonyl (C=O) groups excluding carboxylic acids is 4. The van der Waals surface area contributed by atoms with Gasteiger partial charge in [-0.25, -0.2) is 14.0 Å². The highest BCUT2D eigenvalue weighted by Crippen LogP contribution is 2.19. The van der Waals surface area contributed by atoms with E-state index in [0.29, 0.717) is 23.4 Å². The normalized spacial score (nSPS) is 13.2. The Morgan fingerprint density at radius 2 is 1.71 bits per heavy atom. The molecule has 1 aromatic heterocycles. The summed E-state index contributed by atoms with van der Waals surface area (Å²) in [5.74, 6) is -1.78. The van der Waals surface area contributed by atoms with Gasteiger partial charge in [0, 0.05) is 23.5 Å². The highest BCUT2D eigenvalue weighted by atomic mass is 19.1. The number of nitrogens with one attached hydrogen (secondary N) is 1. The molecule has 1 aliphatic rings. The summed E-state index contributed by atoms with van der Waals surface area (Å²) in [4.78, 5) is 50.4. The molecule has 180 valence electrons. The minimum absolute atomic E-state index is 0.0750. The fraction of sp³-hybridized carbons (Fsp3) is 0.231. The Bertz CT molecular complexity index is 1300. The Hall–Kier alpha value is -4.27. The van der Waals surface area contributed by atoms with E-state index < -0.39 is 18.6 Å². The molecule has 1 aliphatic heterocycles. The first-order chi connectivity index (χ1) is 16.7. The lowest BCUT2D eigenvalue weighted by Gasteiger charge is -2.15. The van der Waals surface area contributed by atoms with E-state index in [2.05, 4.69) is 5.32 Å². The molecule has 1 saturated heterocycles. The van der Waals surface area contributed by atoms with Gasteiger partial charge in [0.15, 0.2) is 6.61 Å². The molecule has 35 heavy (non-hydrogen) atoms. The Balaban J connectivity index is 1.44. The van der Waals surface area contributed by atoms with Gasteiger partial charge in [-0.1, -0.05) is 30.3 Å². The van der Waals surface area contributed by atoms with Gasteiger partial charge in [0.05, 0.1) is 18.7 Å². The summed E-state index contributed by atoms with van der Waals surface area (Å²) in [5.41, 5.74) is 3.50. The van der Waals surface area contributed by atoms with E-state index in [-0.39, 0.29) is 36.2 Å². The van der Waals surface area contributed by atoms with Crippen LogP contribution in [0.1, 0.15) is 43.2 Å². The first-order valence-electron chi connectivity index (χ1n) is 11.0. The zero-order valence-electron chi connectivity index (χ0n) is 19.3. The number of halogens is 1. The van der Waals surface area contributed by atoms with Crippen LogP contribution in [0.2, 0.25) is 0 Å². The van der Waals surface area contributed by atoms with E-state index in [4.69, 9.17) is 4.74 Å². The van der Waals surface area contributed by atoms with Gasteiger partial charge in [-0.3, -0.25) is 14.5 Å². The molecule has 9 heteroatoms. The predicted molar refractivity (Wildman–Crippen MR) is 124 cm³/mol.